The lowest BCUT2D eigenvalue weighted by atomic mass is 10.2. The van der Waals surface area contributed by atoms with Crippen LogP contribution >= 0.6 is 11.6 Å². The van der Waals surface area contributed by atoms with Gasteiger partial charge in [0.25, 0.3) is 0 Å². The first-order valence-electron chi connectivity index (χ1n) is 7.64. The number of amides is 1. The summed E-state index contributed by atoms with van der Waals surface area (Å²) >= 11 is 5.94. The number of benzene rings is 2. The summed E-state index contributed by atoms with van der Waals surface area (Å²) in [7, 11) is 0. The summed E-state index contributed by atoms with van der Waals surface area (Å²) in [5.41, 5.74) is 2.50. The van der Waals surface area contributed by atoms with Crippen LogP contribution in [0.15, 0.2) is 59.0 Å². The highest BCUT2D eigenvalue weighted by molar-refractivity contribution is 6.30. The number of nitrogens with one attached hydrogen (secondary N) is 1. The zero-order chi connectivity index (χ0) is 16.9. The predicted octanol–water partition coefficient (Wildman–Crippen LogP) is 4.16. The quantitative estimate of drug-likeness (QED) is 0.758. The van der Waals surface area contributed by atoms with Crippen molar-refractivity contribution < 1.29 is 9.21 Å². The van der Waals surface area contributed by atoms with E-state index in [1.807, 2.05) is 55.5 Å². The fraction of sp³-hybridized carbons (Fsp3) is 0.158. The maximum atomic E-state index is 12.1. The van der Waals surface area contributed by atoms with Gasteiger partial charge in [-0.3, -0.25) is 4.79 Å². The molecule has 122 valence electrons. The van der Waals surface area contributed by atoms with Crippen LogP contribution in [0.2, 0.25) is 5.02 Å². The summed E-state index contributed by atoms with van der Waals surface area (Å²) in [5.74, 6) is 1.09. The van der Waals surface area contributed by atoms with Gasteiger partial charge in [0.05, 0.1) is 12.1 Å². The van der Waals surface area contributed by atoms with Crippen molar-refractivity contribution in [1.29, 1.82) is 0 Å². The van der Waals surface area contributed by atoms with E-state index < -0.39 is 0 Å². The van der Waals surface area contributed by atoms with Gasteiger partial charge in [-0.2, -0.15) is 0 Å². The third-order valence-electron chi connectivity index (χ3n) is 3.62. The van der Waals surface area contributed by atoms with Gasteiger partial charge in [0, 0.05) is 17.1 Å². The summed E-state index contributed by atoms with van der Waals surface area (Å²) in [4.78, 5) is 16.6. The Morgan fingerprint density at radius 3 is 2.71 bits per heavy atom. The smallest absolute Gasteiger partial charge is 0.226 e. The van der Waals surface area contributed by atoms with Crippen molar-refractivity contribution >= 4 is 17.5 Å². The lowest BCUT2D eigenvalue weighted by molar-refractivity contribution is -0.120. The number of halogens is 1. The van der Waals surface area contributed by atoms with E-state index >= 15 is 0 Å². The first-order valence-corrected chi connectivity index (χ1v) is 8.02. The molecule has 3 rings (SSSR count). The van der Waals surface area contributed by atoms with Crippen molar-refractivity contribution in [3.63, 3.8) is 0 Å². The van der Waals surface area contributed by atoms with E-state index in [0.717, 1.165) is 11.1 Å². The number of aryl methyl sites for hydroxylation is 1. The standard InChI is InChI=1S/C19H17ClN2O2/c1-13-17(22-19(24-13)15-7-3-2-4-8-15)11-18(23)21-12-14-6-5-9-16(20)10-14/h2-10H,11-12H2,1H3,(H,21,23). The van der Waals surface area contributed by atoms with Gasteiger partial charge in [0.1, 0.15) is 5.76 Å². The minimum atomic E-state index is -0.106. The van der Waals surface area contributed by atoms with Crippen LogP contribution in [0.1, 0.15) is 17.0 Å². The van der Waals surface area contributed by atoms with E-state index in [1.54, 1.807) is 6.07 Å². The topological polar surface area (TPSA) is 55.1 Å². The molecule has 0 fully saturated rings. The van der Waals surface area contributed by atoms with Crippen molar-refractivity contribution in [1.82, 2.24) is 10.3 Å². The van der Waals surface area contributed by atoms with E-state index in [4.69, 9.17) is 16.0 Å². The zero-order valence-corrected chi connectivity index (χ0v) is 14.0. The predicted molar refractivity (Wildman–Crippen MR) is 93.7 cm³/mol. The molecule has 4 nitrogen and oxygen atoms in total. The van der Waals surface area contributed by atoms with Crippen LogP contribution in [-0.4, -0.2) is 10.9 Å². The molecule has 0 aliphatic heterocycles. The number of rotatable bonds is 5. The number of nitrogens with zero attached hydrogens (tertiary/aromatic N) is 1. The second kappa shape index (κ2) is 7.32. The SMILES string of the molecule is Cc1oc(-c2ccccc2)nc1CC(=O)NCc1cccc(Cl)c1. The number of hydrogen-bond donors (Lipinski definition) is 1. The summed E-state index contributed by atoms with van der Waals surface area (Å²) in [5, 5.41) is 3.53. The number of aromatic nitrogens is 1. The number of oxazole rings is 1. The van der Waals surface area contributed by atoms with E-state index in [9.17, 15) is 4.79 Å². The first-order chi connectivity index (χ1) is 11.6. The molecule has 0 spiro atoms. The van der Waals surface area contributed by atoms with Crippen LogP contribution in [0.4, 0.5) is 0 Å². The Hall–Kier alpha value is -2.59. The fourth-order valence-corrected chi connectivity index (χ4v) is 2.57. The molecule has 0 unspecified atom stereocenters. The number of hydrogen-bond acceptors (Lipinski definition) is 3. The Bertz CT molecular complexity index is 844. The van der Waals surface area contributed by atoms with E-state index in [-0.39, 0.29) is 12.3 Å². The third kappa shape index (κ3) is 4.03. The maximum Gasteiger partial charge on any atom is 0.226 e. The summed E-state index contributed by atoms with van der Waals surface area (Å²) in [6, 6.07) is 17.0. The molecular weight excluding hydrogens is 324 g/mol. The van der Waals surface area contributed by atoms with Crippen LogP contribution in [-0.2, 0) is 17.8 Å². The molecule has 0 aliphatic rings. The van der Waals surface area contributed by atoms with Gasteiger partial charge in [-0.15, -0.1) is 0 Å². The highest BCUT2D eigenvalue weighted by Gasteiger charge is 2.14. The third-order valence-corrected chi connectivity index (χ3v) is 3.86. The molecular formula is C19H17ClN2O2. The molecule has 0 aliphatic carbocycles. The normalized spacial score (nSPS) is 10.6. The number of carbonyl (C=O) groups excluding carboxylic acids is 1. The Kier molecular flexibility index (Phi) is 4.96. The van der Waals surface area contributed by atoms with Crippen molar-refractivity contribution in [2.45, 2.75) is 19.9 Å². The van der Waals surface area contributed by atoms with Crippen LogP contribution in [0.25, 0.3) is 11.5 Å². The lowest BCUT2D eigenvalue weighted by Gasteiger charge is -2.04. The zero-order valence-electron chi connectivity index (χ0n) is 13.3. The summed E-state index contributed by atoms with van der Waals surface area (Å²) in [6.45, 7) is 2.25. The van der Waals surface area contributed by atoms with Gasteiger partial charge < -0.3 is 9.73 Å². The highest BCUT2D eigenvalue weighted by Crippen LogP contribution is 2.21. The minimum Gasteiger partial charge on any atom is -0.441 e. The average Bonchev–Trinajstić information content (AvgIpc) is 2.95. The second-order valence-electron chi connectivity index (χ2n) is 5.47. The molecule has 1 heterocycles. The average molecular weight is 341 g/mol. The molecule has 0 radical (unpaired) electrons. The van der Waals surface area contributed by atoms with E-state index in [2.05, 4.69) is 10.3 Å². The van der Waals surface area contributed by atoms with Crippen molar-refractivity contribution in [3.05, 3.63) is 76.6 Å². The van der Waals surface area contributed by atoms with E-state index in [0.29, 0.717) is 28.9 Å². The highest BCUT2D eigenvalue weighted by atomic mass is 35.5. The molecule has 5 heteroatoms. The van der Waals surface area contributed by atoms with Crippen molar-refractivity contribution in [3.8, 4) is 11.5 Å². The van der Waals surface area contributed by atoms with Crippen molar-refractivity contribution in [2.24, 2.45) is 0 Å². The molecule has 2 aromatic carbocycles. The minimum absolute atomic E-state index is 0.106. The maximum absolute atomic E-state index is 12.1. The van der Waals surface area contributed by atoms with Gasteiger partial charge >= 0.3 is 0 Å². The Labute approximate surface area is 145 Å². The van der Waals surface area contributed by atoms with Crippen LogP contribution in [0.3, 0.4) is 0 Å². The molecule has 1 aromatic heterocycles. The molecule has 0 bridgehead atoms. The van der Waals surface area contributed by atoms with E-state index in [1.165, 1.54) is 0 Å². The van der Waals surface area contributed by atoms with Gasteiger partial charge in [-0.1, -0.05) is 41.9 Å². The molecule has 1 N–H and O–H groups in total. The summed E-state index contributed by atoms with van der Waals surface area (Å²) in [6.07, 6.45) is 0.183. The van der Waals surface area contributed by atoms with Crippen molar-refractivity contribution in [2.75, 3.05) is 0 Å². The molecule has 0 saturated carbocycles. The molecule has 0 saturated heterocycles. The second-order valence-corrected chi connectivity index (χ2v) is 5.91. The first kappa shape index (κ1) is 16.3. The van der Waals surface area contributed by atoms with Crippen LogP contribution < -0.4 is 5.32 Å². The lowest BCUT2D eigenvalue weighted by Crippen LogP contribution is -2.24. The van der Waals surface area contributed by atoms with Gasteiger partial charge in [0.2, 0.25) is 11.8 Å². The Morgan fingerprint density at radius 2 is 1.96 bits per heavy atom. The monoisotopic (exact) mass is 340 g/mol. The Balaban J connectivity index is 1.63. The molecule has 24 heavy (non-hydrogen) atoms. The fourth-order valence-electron chi connectivity index (χ4n) is 2.36. The Morgan fingerprint density at radius 1 is 1.17 bits per heavy atom. The van der Waals surface area contributed by atoms with Gasteiger partial charge in [-0.05, 0) is 36.8 Å². The van der Waals surface area contributed by atoms with Crippen LogP contribution in [0, 0.1) is 6.92 Å². The molecule has 3 aromatic rings. The van der Waals surface area contributed by atoms with Gasteiger partial charge in [-0.25, -0.2) is 4.98 Å². The molecule has 0 atom stereocenters. The largest absolute Gasteiger partial charge is 0.441 e. The number of carbonyl (C=O) groups is 1. The van der Waals surface area contributed by atoms with Gasteiger partial charge in [0.15, 0.2) is 0 Å². The summed E-state index contributed by atoms with van der Waals surface area (Å²) < 4.78 is 5.67. The molecule has 1 amide bonds. The van der Waals surface area contributed by atoms with Crippen LogP contribution in [0.5, 0.6) is 0 Å².